The molecule has 6 heteroatoms. The summed E-state index contributed by atoms with van der Waals surface area (Å²) in [5, 5.41) is 12.3. The molecule has 0 amide bonds. The van der Waals surface area contributed by atoms with Crippen LogP contribution in [-0.4, -0.2) is 42.6 Å². The summed E-state index contributed by atoms with van der Waals surface area (Å²) < 4.78 is 5.84. The van der Waals surface area contributed by atoms with Crippen molar-refractivity contribution in [1.29, 1.82) is 5.41 Å². The lowest BCUT2D eigenvalue weighted by Crippen LogP contribution is -2.40. The van der Waals surface area contributed by atoms with Crippen LogP contribution < -0.4 is 10.1 Å². The molecule has 1 saturated heterocycles. The van der Waals surface area contributed by atoms with Gasteiger partial charge in [0.05, 0.1) is 5.71 Å². The number of nitrogens with one attached hydrogen (secondary N) is 2. The Labute approximate surface area is 172 Å². The van der Waals surface area contributed by atoms with E-state index in [-0.39, 0.29) is 6.04 Å². The number of hydrogen-bond donors (Lipinski definition) is 2. The van der Waals surface area contributed by atoms with E-state index in [0.29, 0.717) is 5.71 Å². The van der Waals surface area contributed by atoms with Crippen LogP contribution in [0.5, 0.6) is 11.5 Å². The highest BCUT2D eigenvalue weighted by Gasteiger charge is 2.19. The van der Waals surface area contributed by atoms with Crippen LogP contribution in [0.1, 0.15) is 24.0 Å². The van der Waals surface area contributed by atoms with Gasteiger partial charge in [0.15, 0.2) is 7.98 Å². The van der Waals surface area contributed by atoms with Crippen molar-refractivity contribution < 1.29 is 4.74 Å². The first kappa shape index (κ1) is 19.2. The van der Waals surface area contributed by atoms with Gasteiger partial charge in [-0.15, -0.1) is 0 Å². The summed E-state index contributed by atoms with van der Waals surface area (Å²) >= 11 is 0. The molecule has 0 aliphatic carbocycles. The number of nitrogens with zero attached hydrogens (tertiary/aromatic N) is 2. The first-order valence-electron chi connectivity index (χ1n) is 9.81. The summed E-state index contributed by atoms with van der Waals surface area (Å²) in [6.07, 6.45) is 5.62. The number of anilines is 1. The van der Waals surface area contributed by atoms with E-state index in [9.17, 15) is 0 Å². The predicted octanol–water partition coefficient (Wildman–Crippen LogP) is 4.25. The van der Waals surface area contributed by atoms with Gasteiger partial charge in [0.2, 0.25) is 0 Å². The quantitative estimate of drug-likeness (QED) is 0.494. The van der Waals surface area contributed by atoms with Gasteiger partial charge >= 0.3 is 0 Å². The van der Waals surface area contributed by atoms with Crippen LogP contribution in [0.15, 0.2) is 73.1 Å². The monoisotopic (exact) mass is 382 g/mol. The summed E-state index contributed by atoms with van der Waals surface area (Å²) in [6, 6.07) is 19.4. The van der Waals surface area contributed by atoms with Gasteiger partial charge in [-0.1, -0.05) is 18.2 Å². The second-order valence-electron chi connectivity index (χ2n) is 7.21. The lowest BCUT2D eigenvalue weighted by atomic mass is 9.99. The van der Waals surface area contributed by atoms with E-state index >= 15 is 0 Å². The Bertz CT molecular complexity index is 962. The number of pyridine rings is 1. The van der Waals surface area contributed by atoms with Crippen molar-refractivity contribution in [3.8, 4) is 11.5 Å². The molecule has 29 heavy (non-hydrogen) atoms. The maximum absolute atomic E-state index is 8.70. The fraction of sp³-hybridized carbons (Fsp3) is 0.217. The largest absolute Gasteiger partial charge is 0.457 e. The molecule has 2 aromatic carbocycles. The van der Waals surface area contributed by atoms with E-state index in [0.717, 1.165) is 54.2 Å². The van der Waals surface area contributed by atoms with Gasteiger partial charge in [-0.3, -0.25) is 10.4 Å². The van der Waals surface area contributed by atoms with E-state index in [1.165, 1.54) is 0 Å². The van der Waals surface area contributed by atoms with Gasteiger partial charge in [-0.05, 0) is 61.9 Å². The van der Waals surface area contributed by atoms with Crippen LogP contribution in [0.25, 0.3) is 0 Å². The van der Waals surface area contributed by atoms with Gasteiger partial charge in [0.25, 0.3) is 0 Å². The van der Waals surface area contributed by atoms with Crippen LogP contribution in [0.4, 0.5) is 5.69 Å². The molecule has 1 fully saturated rings. The summed E-state index contributed by atoms with van der Waals surface area (Å²) in [7, 11) is 5.96. The lowest BCUT2D eigenvalue weighted by Gasteiger charge is -2.32. The molecule has 144 valence electrons. The van der Waals surface area contributed by atoms with Gasteiger partial charge in [-0.25, -0.2) is 0 Å². The number of aromatic nitrogens is 1. The molecule has 5 nitrogen and oxygen atoms in total. The summed E-state index contributed by atoms with van der Waals surface area (Å²) in [5.74, 6) is 1.53. The molecule has 4 rings (SSSR count). The molecule has 1 unspecified atom stereocenters. The Hall–Kier alpha value is -3.12. The normalized spacial score (nSPS) is 16.9. The van der Waals surface area contributed by atoms with Crippen molar-refractivity contribution >= 4 is 19.4 Å². The topological polar surface area (TPSA) is 61.2 Å². The van der Waals surface area contributed by atoms with Crippen LogP contribution in [0, 0.1) is 5.41 Å². The first-order chi connectivity index (χ1) is 14.2. The third-order valence-corrected chi connectivity index (χ3v) is 5.02. The molecule has 0 saturated carbocycles. The fourth-order valence-electron chi connectivity index (χ4n) is 3.53. The summed E-state index contributed by atoms with van der Waals surface area (Å²) in [4.78, 5) is 6.08. The lowest BCUT2D eigenvalue weighted by molar-refractivity contribution is 0.344. The molecule has 1 aliphatic rings. The molecule has 0 bridgehead atoms. The Kier molecular flexibility index (Phi) is 5.91. The van der Waals surface area contributed by atoms with Gasteiger partial charge < -0.3 is 14.9 Å². The van der Waals surface area contributed by atoms with Gasteiger partial charge in [0.1, 0.15) is 11.5 Å². The van der Waals surface area contributed by atoms with Crippen molar-refractivity contribution in [1.82, 2.24) is 9.79 Å². The number of ether oxygens (including phenoxy) is 1. The summed E-state index contributed by atoms with van der Waals surface area (Å²) in [6.45, 7) is 1.72. The molecule has 2 radical (unpaired) electrons. The number of rotatable bonds is 6. The highest BCUT2D eigenvalue weighted by atomic mass is 16.5. The highest BCUT2D eigenvalue weighted by Crippen LogP contribution is 2.24. The molecule has 3 aromatic rings. The number of piperidine rings is 1. The van der Waals surface area contributed by atoms with E-state index in [4.69, 9.17) is 18.1 Å². The third-order valence-electron chi connectivity index (χ3n) is 5.02. The maximum Gasteiger partial charge on any atom is 0.182 e. The number of hydrogen-bond acceptors (Lipinski definition) is 5. The molecule has 2 N–H and O–H groups in total. The fourth-order valence-corrected chi connectivity index (χ4v) is 3.53. The minimum Gasteiger partial charge on any atom is -0.457 e. The highest BCUT2D eigenvalue weighted by molar-refractivity contribution is 6.13. The van der Waals surface area contributed by atoms with Crippen LogP contribution in [-0.2, 0) is 0 Å². The smallest absolute Gasteiger partial charge is 0.182 e. The second-order valence-corrected chi connectivity index (χ2v) is 7.21. The van der Waals surface area contributed by atoms with E-state index in [1.807, 2.05) is 65.5 Å². The Morgan fingerprint density at radius 2 is 1.83 bits per heavy atom. The predicted molar refractivity (Wildman–Crippen MR) is 117 cm³/mol. The minimum absolute atomic E-state index is 0.268. The average Bonchev–Trinajstić information content (AvgIpc) is 2.75. The standard InChI is InChI=1S/C23H23BN4O/c24-28-14-4-5-18(16-28)27-22-12-13-26-15-21(22)23(25)17-8-10-20(11-9-17)29-19-6-2-1-3-7-19/h1-3,6-13,15,18,25H,4-5,14,16H2,(H,26,27). The van der Waals surface area contributed by atoms with Crippen molar-refractivity contribution in [2.24, 2.45) is 0 Å². The minimum atomic E-state index is 0.268. The second kappa shape index (κ2) is 8.92. The van der Waals surface area contributed by atoms with Crippen LogP contribution in [0.2, 0.25) is 0 Å². The van der Waals surface area contributed by atoms with Crippen molar-refractivity contribution in [3.05, 3.63) is 84.2 Å². The van der Waals surface area contributed by atoms with Crippen molar-refractivity contribution in [2.45, 2.75) is 18.9 Å². The molecule has 0 spiro atoms. The zero-order chi connectivity index (χ0) is 20.1. The zero-order valence-corrected chi connectivity index (χ0v) is 16.2. The van der Waals surface area contributed by atoms with Crippen LogP contribution >= 0.6 is 0 Å². The first-order valence-corrected chi connectivity index (χ1v) is 9.81. The molecular formula is C23H23BN4O. The van der Waals surface area contributed by atoms with Gasteiger partial charge in [0, 0.05) is 41.8 Å². The number of para-hydroxylation sites is 1. The molecule has 1 atom stereocenters. The Morgan fingerprint density at radius 1 is 1.07 bits per heavy atom. The van der Waals surface area contributed by atoms with E-state index in [2.05, 4.69) is 10.3 Å². The van der Waals surface area contributed by atoms with Gasteiger partial charge in [-0.2, -0.15) is 0 Å². The summed E-state index contributed by atoms with van der Waals surface area (Å²) in [5.41, 5.74) is 2.92. The molecule has 1 aromatic heterocycles. The number of benzene rings is 2. The average molecular weight is 382 g/mol. The van der Waals surface area contributed by atoms with Crippen molar-refractivity contribution in [3.63, 3.8) is 0 Å². The van der Waals surface area contributed by atoms with Crippen molar-refractivity contribution in [2.75, 3.05) is 18.4 Å². The SMILES string of the molecule is [B]N1CCCC(Nc2ccncc2C(=N)c2ccc(Oc3ccccc3)cc2)C1. The van der Waals surface area contributed by atoms with E-state index < -0.39 is 0 Å². The zero-order valence-electron chi connectivity index (χ0n) is 16.2. The third kappa shape index (κ3) is 4.84. The molecule has 1 aliphatic heterocycles. The maximum atomic E-state index is 8.70. The van der Waals surface area contributed by atoms with Crippen LogP contribution in [0.3, 0.4) is 0 Å². The molecular weight excluding hydrogens is 359 g/mol. The Balaban J connectivity index is 1.49. The Morgan fingerprint density at radius 3 is 2.59 bits per heavy atom. The molecule has 2 heterocycles. The van der Waals surface area contributed by atoms with E-state index in [1.54, 1.807) is 12.4 Å².